The molecule has 0 aliphatic rings. The Morgan fingerprint density at radius 2 is 1.79 bits per heavy atom. The maximum Gasteiger partial charge on any atom is 0.185 e. The predicted molar refractivity (Wildman–Crippen MR) is 89.0 cm³/mol. The Balaban J connectivity index is 1.83. The maximum absolute atomic E-state index is 5.85. The van der Waals surface area contributed by atoms with Crippen LogP contribution in [0.4, 0.5) is 5.82 Å². The number of aryl methyl sites for hydroxylation is 1. The van der Waals surface area contributed by atoms with E-state index >= 15 is 0 Å². The van der Waals surface area contributed by atoms with Gasteiger partial charge in [-0.1, -0.05) is 13.8 Å². The highest BCUT2D eigenvalue weighted by atomic mass is 15.5. The normalized spacial score (nSPS) is 11.8. The van der Waals surface area contributed by atoms with Crippen molar-refractivity contribution in [2.24, 2.45) is 5.92 Å². The van der Waals surface area contributed by atoms with Crippen LogP contribution in [0.5, 0.6) is 0 Å². The topological polar surface area (TPSA) is 113 Å². The molecule has 0 unspecified atom stereocenters. The Hall–Kier alpha value is -3.10. The number of imidazole rings is 2. The Morgan fingerprint density at radius 3 is 2.62 bits per heavy atom. The van der Waals surface area contributed by atoms with Gasteiger partial charge in [0, 0.05) is 6.42 Å². The Bertz CT molecular complexity index is 1010. The molecule has 0 spiro atoms. The number of hydrogen-bond acceptors (Lipinski definition) is 7. The van der Waals surface area contributed by atoms with E-state index in [4.69, 9.17) is 5.73 Å². The number of aromatic nitrogens is 8. The molecular formula is C15H17N9. The number of nitrogens with two attached hydrogens (primary N) is 1. The maximum atomic E-state index is 5.85. The highest BCUT2D eigenvalue weighted by Gasteiger charge is 2.13. The zero-order chi connectivity index (χ0) is 16.7. The molecule has 0 aliphatic carbocycles. The summed E-state index contributed by atoms with van der Waals surface area (Å²) in [5, 5.41) is 0. The van der Waals surface area contributed by atoms with Crippen LogP contribution in [0.25, 0.3) is 22.3 Å². The van der Waals surface area contributed by atoms with E-state index in [1.165, 1.54) is 6.33 Å². The third-order valence-electron chi connectivity index (χ3n) is 3.85. The summed E-state index contributed by atoms with van der Waals surface area (Å²) in [7, 11) is 0. The molecule has 122 valence electrons. The fourth-order valence-electron chi connectivity index (χ4n) is 2.53. The van der Waals surface area contributed by atoms with E-state index < -0.39 is 0 Å². The van der Waals surface area contributed by atoms with Crippen LogP contribution in [-0.2, 0) is 6.42 Å². The lowest BCUT2D eigenvalue weighted by molar-refractivity contribution is 0.574. The Kier molecular flexibility index (Phi) is 3.33. The third kappa shape index (κ3) is 2.34. The highest BCUT2D eigenvalue weighted by Crippen LogP contribution is 2.17. The van der Waals surface area contributed by atoms with Gasteiger partial charge in [-0.3, -0.25) is 0 Å². The fraction of sp³-hybridized carbons (Fsp3) is 0.333. The van der Waals surface area contributed by atoms with Crippen molar-refractivity contribution in [3.05, 3.63) is 31.0 Å². The SMILES string of the molecule is CC(C)CCc1ncc2ncn(-n3cnc4c(N)ncnc43)c2n1. The van der Waals surface area contributed by atoms with E-state index in [1.807, 2.05) is 0 Å². The molecule has 0 bridgehead atoms. The molecule has 0 radical (unpaired) electrons. The van der Waals surface area contributed by atoms with Crippen LogP contribution in [0.2, 0.25) is 0 Å². The molecule has 4 aromatic heterocycles. The van der Waals surface area contributed by atoms with Gasteiger partial charge in [-0.25, -0.2) is 39.3 Å². The summed E-state index contributed by atoms with van der Waals surface area (Å²) in [5.74, 6) is 1.75. The van der Waals surface area contributed by atoms with Crippen molar-refractivity contribution in [2.45, 2.75) is 26.7 Å². The highest BCUT2D eigenvalue weighted by molar-refractivity contribution is 5.81. The van der Waals surface area contributed by atoms with E-state index in [-0.39, 0.29) is 0 Å². The van der Waals surface area contributed by atoms with Crippen molar-refractivity contribution in [3.63, 3.8) is 0 Å². The average Bonchev–Trinajstić information content (AvgIpc) is 3.16. The van der Waals surface area contributed by atoms with Crippen LogP contribution >= 0.6 is 0 Å². The van der Waals surface area contributed by atoms with Crippen molar-refractivity contribution in [1.82, 2.24) is 39.3 Å². The van der Waals surface area contributed by atoms with Gasteiger partial charge in [0.2, 0.25) is 0 Å². The summed E-state index contributed by atoms with van der Waals surface area (Å²) in [6, 6.07) is 0. The number of fused-ring (bicyclic) bond motifs is 2. The molecule has 9 nitrogen and oxygen atoms in total. The van der Waals surface area contributed by atoms with Crippen LogP contribution < -0.4 is 5.73 Å². The van der Waals surface area contributed by atoms with Crippen LogP contribution in [0, 0.1) is 5.92 Å². The lowest BCUT2D eigenvalue weighted by Crippen LogP contribution is -2.09. The molecule has 0 aromatic carbocycles. The molecule has 0 saturated carbocycles. The summed E-state index contributed by atoms with van der Waals surface area (Å²) in [6.07, 6.45) is 8.34. The zero-order valence-corrected chi connectivity index (χ0v) is 13.5. The van der Waals surface area contributed by atoms with Gasteiger partial charge in [0.05, 0.1) is 6.20 Å². The second-order valence-corrected chi connectivity index (χ2v) is 6.04. The first-order valence-corrected chi connectivity index (χ1v) is 7.76. The third-order valence-corrected chi connectivity index (χ3v) is 3.85. The zero-order valence-electron chi connectivity index (χ0n) is 13.5. The summed E-state index contributed by atoms with van der Waals surface area (Å²) < 4.78 is 3.54. The van der Waals surface area contributed by atoms with E-state index in [0.717, 1.165) is 18.7 Å². The van der Waals surface area contributed by atoms with Crippen molar-refractivity contribution in [1.29, 1.82) is 0 Å². The van der Waals surface area contributed by atoms with Crippen molar-refractivity contribution >= 4 is 28.1 Å². The van der Waals surface area contributed by atoms with Gasteiger partial charge >= 0.3 is 0 Å². The lowest BCUT2D eigenvalue weighted by Gasteiger charge is -2.07. The van der Waals surface area contributed by atoms with Gasteiger partial charge in [0.15, 0.2) is 22.6 Å². The molecule has 24 heavy (non-hydrogen) atoms. The van der Waals surface area contributed by atoms with Crippen LogP contribution in [0.1, 0.15) is 26.1 Å². The lowest BCUT2D eigenvalue weighted by atomic mass is 10.1. The van der Waals surface area contributed by atoms with Crippen molar-refractivity contribution < 1.29 is 0 Å². The minimum Gasteiger partial charge on any atom is -0.382 e. The predicted octanol–water partition coefficient (Wildman–Crippen LogP) is 1.45. The molecule has 0 atom stereocenters. The summed E-state index contributed by atoms with van der Waals surface area (Å²) in [4.78, 5) is 25.9. The van der Waals surface area contributed by atoms with E-state index in [9.17, 15) is 0 Å². The Labute approximate surface area is 137 Å². The molecule has 4 rings (SSSR count). The van der Waals surface area contributed by atoms with E-state index in [0.29, 0.717) is 34.1 Å². The summed E-state index contributed by atoms with van der Waals surface area (Å²) in [6.45, 7) is 4.37. The first kappa shape index (κ1) is 14.5. The van der Waals surface area contributed by atoms with Gasteiger partial charge in [0.25, 0.3) is 0 Å². The van der Waals surface area contributed by atoms with Gasteiger partial charge in [-0.15, -0.1) is 0 Å². The number of anilines is 1. The number of nitrogens with zero attached hydrogens (tertiary/aromatic N) is 8. The number of nitrogen functional groups attached to an aromatic ring is 1. The van der Waals surface area contributed by atoms with Gasteiger partial charge < -0.3 is 5.73 Å². The van der Waals surface area contributed by atoms with Gasteiger partial charge in [0.1, 0.15) is 30.3 Å². The molecule has 0 saturated heterocycles. The smallest absolute Gasteiger partial charge is 0.185 e. The van der Waals surface area contributed by atoms with E-state index in [2.05, 4.69) is 43.8 Å². The van der Waals surface area contributed by atoms with E-state index in [1.54, 1.807) is 28.2 Å². The van der Waals surface area contributed by atoms with Gasteiger partial charge in [-0.2, -0.15) is 0 Å². The molecule has 0 amide bonds. The van der Waals surface area contributed by atoms with Crippen molar-refractivity contribution in [3.8, 4) is 0 Å². The Morgan fingerprint density at radius 1 is 1.00 bits per heavy atom. The van der Waals surface area contributed by atoms with Crippen LogP contribution in [-0.4, -0.2) is 39.3 Å². The summed E-state index contributed by atoms with van der Waals surface area (Å²) >= 11 is 0. The largest absolute Gasteiger partial charge is 0.382 e. The molecule has 0 aliphatic heterocycles. The average molecular weight is 323 g/mol. The monoisotopic (exact) mass is 323 g/mol. The number of rotatable bonds is 4. The van der Waals surface area contributed by atoms with Crippen LogP contribution in [0.15, 0.2) is 25.2 Å². The summed E-state index contributed by atoms with van der Waals surface area (Å²) in [5.41, 5.74) is 8.42. The number of hydrogen-bond donors (Lipinski definition) is 1. The fourth-order valence-corrected chi connectivity index (χ4v) is 2.53. The molecule has 4 aromatic rings. The van der Waals surface area contributed by atoms with Gasteiger partial charge in [-0.05, 0) is 12.3 Å². The minimum absolute atomic E-state index is 0.343. The first-order valence-electron chi connectivity index (χ1n) is 7.76. The second kappa shape index (κ2) is 5.52. The molecule has 9 heteroatoms. The minimum atomic E-state index is 0.343. The first-order chi connectivity index (χ1) is 11.6. The van der Waals surface area contributed by atoms with Crippen molar-refractivity contribution in [2.75, 3.05) is 5.73 Å². The molecule has 2 N–H and O–H groups in total. The molecular weight excluding hydrogens is 306 g/mol. The standard InChI is InChI=1S/C15H17N9/c1-9(2)3-4-11-17-5-10-14(22-11)23(7-20-10)24-8-21-12-13(16)18-6-19-15(12)24/h5-9H,3-4H2,1-2H3,(H2,16,18,19). The quantitative estimate of drug-likeness (QED) is 0.604. The molecule has 4 heterocycles. The second-order valence-electron chi connectivity index (χ2n) is 6.04. The van der Waals surface area contributed by atoms with Crippen LogP contribution in [0.3, 0.4) is 0 Å². The molecule has 0 fully saturated rings.